The van der Waals surface area contributed by atoms with E-state index in [9.17, 15) is 9.59 Å². The van der Waals surface area contributed by atoms with Crippen LogP contribution in [0.5, 0.6) is 0 Å². The highest BCUT2D eigenvalue weighted by Gasteiger charge is 2.50. The molecule has 29 heavy (non-hydrogen) atoms. The minimum absolute atomic E-state index is 0.0618. The van der Waals surface area contributed by atoms with E-state index < -0.39 is 5.41 Å². The molecule has 6 nitrogen and oxygen atoms in total. The van der Waals surface area contributed by atoms with Crippen molar-refractivity contribution < 1.29 is 14.1 Å². The van der Waals surface area contributed by atoms with Gasteiger partial charge in [-0.05, 0) is 30.5 Å². The third kappa shape index (κ3) is 3.53. The van der Waals surface area contributed by atoms with Crippen LogP contribution in [0.25, 0.3) is 0 Å². The molecule has 1 aliphatic heterocycles. The van der Waals surface area contributed by atoms with Crippen LogP contribution < -0.4 is 10.2 Å². The lowest BCUT2D eigenvalue weighted by Gasteiger charge is -2.28. The Morgan fingerprint density at radius 2 is 1.86 bits per heavy atom. The highest BCUT2D eigenvalue weighted by molar-refractivity contribution is 6.09. The summed E-state index contributed by atoms with van der Waals surface area (Å²) in [6.45, 7) is 2.07. The first-order chi connectivity index (χ1) is 14.0. The van der Waals surface area contributed by atoms with Gasteiger partial charge in [0.25, 0.3) is 0 Å². The summed E-state index contributed by atoms with van der Waals surface area (Å²) in [5, 5.41) is 6.70. The number of carbonyl (C=O) groups is 2. The van der Waals surface area contributed by atoms with Crippen LogP contribution in [-0.2, 0) is 28.0 Å². The zero-order valence-electron chi connectivity index (χ0n) is 16.5. The molecule has 0 bridgehead atoms. The molecule has 6 heteroatoms. The van der Waals surface area contributed by atoms with Crippen molar-refractivity contribution in [2.75, 3.05) is 11.9 Å². The van der Waals surface area contributed by atoms with Gasteiger partial charge in [-0.1, -0.05) is 53.7 Å². The second-order valence-electron chi connectivity index (χ2n) is 7.51. The molecule has 1 aromatic heterocycles. The van der Waals surface area contributed by atoms with Crippen LogP contribution in [0.15, 0.2) is 65.2 Å². The van der Waals surface area contributed by atoms with Crippen LogP contribution in [0, 0.1) is 6.92 Å². The Hall–Kier alpha value is -3.41. The van der Waals surface area contributed by atoms with Crippen molar-refractivity contribution in [1.29, 1.82) is 0 Å². The Bertz CT molecular complexity index is 1040. The summed E-state index contributed by atoms with van der Waals surface area (Å²) in [6.07, 6.45) is 0.526. The number of nitrogens with zero attached hydrogens (tertiary/aromatic N) is 2. The zero-order valence-corrected chi connectivity index (χ0v) is 16.5. The first kappa shape index (κ1) is 18.9. The molecule has 2 heterocycles. The predicted octanol–water partition coefficient (Wildman–Crippen LogP) is 3.15. The fourth-order valence-corrected chi connectivity index (χ4v) is 4.09. The van der Waals surface area contributed by atoms with Gasteiger partial charge in [0.2, 0.25) is 11.8 Å². The molecule has 0 saturated heterocycles. The van der Waals surface area contributed by atoms with E-state index in [1.54, 1.807) is 18.0 Å². The van der Waals surface area contributed by atoms with Crippen molar-refractivity contribution in [3.63, 3.8) is 0 Å². The number of hydrogen-bond acceptors (Lipinski definition) is 4. The van der Waals surface area contributed by atoms with E-state index in [4.69, 9.17) is 4.52 Å². The Morgan fingerprint density at radius 1 is 1.14 bits per heavy atom. The fraction of sp³-hybridized carbons (Fsp3) is 0.261. The van der Waals surface area contributed by atoms with Gasteiger partial charge in [-0.25, -0.2) is 0 Å². The van der Waals surface area contributed by atoms with Crippen LogP contribution in [-0.4, -0.2) is 24.0 Å². The molecule has 2 aromatic carbocycles. The second kappa shape index (κ2) is 7.54. The van der Waals surface area contributed by atoms with Crippen molar-refractivity contribution >= 4 is 17.5 Å². The van der Waals surface area contributed by atoms with E-state index in [0.717, 1.165) is 22.5 Å². The molecule has 3 aromatic rings. The molecule has 1 atom stereocenters. The topological polar surface area (TPSA) is 75.4 Å². The number of anilines is 1. The quantitative estimate of drug-likeness (QED) is 0.703. The van der Waals surface area contributed by atoms with E-state index in [0.29, 0.717) is 12.2 Å². The normalized spacial score (nSPS) is 18.0. The maximum absolute atomic E-state index is 13.4. The van der Waals surface area contributed by atoms with Gasteiger partial charge in [-0.2, -0.15) is 0 Å². The molecule has 0 spiro atoms. The molecule has 148 valence electrons. The maximum Gasteiger partial charge on any atom is 0.238 e. The molecule has 1 aliphatic rings. The van der Waals surface area contributed by atoms with Gasteiger partial charge in [0.1, 0.15) is 0 Å². The van der Waals surface area contributed by atoms with Gasteiger partial charge in [0, 0.05) is 25.2 Å². The molecule has 0 radical (unpaired) electrons. The number of amides is 2. The van der Waals surface area contributed by atoms with Gasteiger partial charge in [-0.3, -0.25) is 9.59 Å². The number of fused-ring (bicyclic) bond motifs is 1. The average molecular weight is 389 g/mol. The van der Waals surface area contributed by atoms with Crippen molar-refractivity contribution in [3.05, 3.63) is 83.2 Å². The summed E-state index contributed by atoms with van der Waals surface area (Å²) in [5.41, 5.74) is 2.59. The number of carbonyl (C=O) groups excluding carboxylic acids is 2. The molecular formula is C23H23N3O3. The standard InChI is InChI=1S/C23H23N3O3/c1-16-12-18(29-25-16)15-24-21(27)14-23(13-17-8-4-3-5-9-17)19-10-6-7-11-20(19)26(2)22(23)28/h3-12H,13-15H2,1-2H3,(H,24,27)/t23-/m1/s1. The van der Waals surface area contributed by atoms with Gasteiger partial charge >= 0.3 is 0 Å². The van der Waals surface area contributed by atoms with E-state index >= 15 is 0 Å². The molecule has 0 saturated carbocycles. The molecule has 1 N–H and O–H groups in total. The first-order valence-corrected chi connectivity index (χ1v) is 9.60. The molecule has 4 rings (SSSR count). The molecule has 0 fully saturated rings. The van der Waals surface area contributed by atoms with Gasteiger partial charge in [0.05, 0.1) is 17.7 Å². The number of para-hydroxylation sites is 1. The van der Waals surface area contributed by atoms with Crippen molar-refractivity contribution in [1.82, 2.24) is 10.5 Å². The van der Waals surface area contributed by atoms with Crippen molar-refractivity contribution in [2.24, 2.45) is 0 Å². The number of hydrogen-bond donors (Lipinski definition) is 1. The number of aromatic nitrogens is 1. The van der Waals surface area contributed by atoms with E-state index in [2.05, 4.69) is 10.5 Å². The first-order valence-electron chi connectivity index (χ1n) is 9.60. The Morgan fingerprint density at radius 3 is 2.59 bits per heavy atom. The summed E-state index contributed by atoms with van der Waals surface area (Å²) in [7, 11) is 1.77. The summed E-state index contributed by atoms with van der Waals surface area (Å²) in [6, 6.07) is 19.3. The van der Waals surface area contributed by atoms with Crippen molar-refractivity contribution in [2.45, 2.75) is 31.7 Å². The largest absolute Gasteiger partial charge is 0.359 e. The Kier molecular flexibility index (Phi) is 4.92. The number of aryl methyl sites for hydroxylation is 1. The van der Waals surface area contributed by atoms with Crippen LogP contribution in [0.4, 0.5) is 5.69 Å². The third-order valence-electron chi connectivity index (χ3n) is 5.44. The smallest absolute Gasteiger partial charge is 0.238 e. The lowest BCUT2D eigenvalue weighted by atomic mass is 9.73. The number of nitrogens with one attached hydrogen (secondary N) is 1. The summed E-state index contributed by atoms with van der Waals surface area (Å²) in [4.78, 5) is 28.0. The van der Waals surface area contributed by atoms with Gasteiger partial charge in [0.15, 0.2) is 5.76 Å². The van der Waals surface area contributed by atoms with E-state index in [-0.39, 0.29) is 24.8 Å². The second-order valence-corrected chi connectivity index (χ2v) is 7.51. The monoisotopic (exact) mass is 389 g/mol. The zero-order chi connectivity index (χ0) is 20.4. The highest BCUT2D eigenvalue weighted by Crippen LogP contribution is 2.45. The summed E-state index contributed by atoms with van der Waals surface area (Å²) < 4.78 is 5.16. The number of benzene rings is 2. The Balaban J connectivity index is 1.64. The predicted molar refractivity (Wildman–Crippen MR) is 109 cm³/mol. The Labute approximate surface area is 169 Å². The lowest BCUT2D eigenvalue weighted by molar-refractivity contribution is -0.129. The van der Waals surface area contributed by atoms with Gasteiger partial charge in [-0.15, -0.1) is 0 Å². The molecule has 0 aliphatic carbocycles. The van der Waals surface area contributed by atoms with Crippen LogP contribution in [0.2, 0.25) is 0 Å². The maximum atomic E-state index is 13.4. The van der Waals surface area contributed by atoms with E-state index in [1.165, 1.54) is 0 Å². The van der Waals surface area contributed by atoms with Crippen LogP contribution in [0.1, 0.15) is 29.0 Å². The van der Waals surface area contributed by atoms with Crippen LogP contribution in [0.3, 0.4) is 0 Å². The van der Waals surface area contributed by atoms with Gasteiger partial charge < -0.3 is 14.7 Å². The van der Waals surface area contributed by atoms with Crippen LogP contribution >= 0.6 is 0 Å². The lowest BCUT2D eigenvalue weighted by Crippen LogP contribution is -2.44. The van der Waals surface area contributed by atoms with E-state index in [1.807, 2.05) is 61.5 Å². The molecule has 0 unspecified atom stereocenters. The number of likely N-dealkylation sites (N-methyl/N-ethyl adjacent to an activating group) is 1. The third-order valence-corrected chi connectivity index (χ3v) is 5.44. The fourth-order valence-electron chi connectivity index (χ4n) is 4.09. The molecular weight excluding hydrogens is 366 g/mol. The molecule has 2 amide bonds. The average Bonchev–Trinajstić information content (AvgIpc) is 3.23. The SMILES string of the molecule is Cc1cc(CNC(=O)C[C@@]2(Cc3ccccc3)C(=O)N(C)c3ccccc32)on1. The number of rotatable bonds is 6. The highest BCUT2D eigenvalue weighted by atomic mass is 16.5. The minimum atomic E-state index is -0.936. The van der Waals surface area contributed by atoms with Crippen molar-refractivity contribution in [3.8, 4) is 0 Å². The summed E-state index contributed by atoms with van der Waals surface area (Å²) in [5.74, 6) is 0.324. The minimum Gasteiger partial charge on any atom is -0.359 e. The summed E-state index contributed by atoms with van der Waals surface area (Å²) >= 11 is 0.